The molecule has 0 saturated carbocycles. The fourth-order valence-electron chi connectivity index (χ4n) is 3.66. The predicted molar refractivity (Wildman–Crippen MR) is 114 cm³/mol. The Morgan fingerprint density at radius 1 is 0.630 bits per heavy atom. The summed E-state index contributed by atoms with van der Waals surface area (Å²) in [4.78, 5) is 2.20. The molecule has 2 heteroatoms. The van der Waals surface area contributed by atoms with Gasteiger partial charge in [0.2, 0.25) is 0 Å². The van der Waals surface area contributed by atoms with E-state index < -0.39 is 0 Å². The van der Waals surface area contributed by atoms with Gasteiger partial charge in [-0.15, -0.1) is 0 Å². The molecule has 5 rings (SSSR count). The average Bonchev–Trinajstić information content (AvgIpc) is 3.13. The van der Waals surface area contributed by atoms with Crippen molar-refractivity contribution in [3.05, 3.63) is 97.1 Å². The number of rotatable bonds is 3. The molecule has 0 aliphatic heterocycles. The van der Waals surface area contributed by atoms with E-state index in [1.54, 1.807) is 0 Å². The summed E-state index contributed by atoms with van der Waals surface area (Å²) in [6.45, 7) is 0. The zero-order chi connectivity index (χ0) is 18.2. The topological polar surface area (TPSA) is 16.4 Å². The molecular formula is C25H19NO. The van der Waals surface area contributed by atoms with Crippen LogP contribution in [0.2, 0.25) is 0 Å². The highest BCUT2D eigenvalue weighted by molar-refractivity contribution is 6.09. The smallest absolute Gasteiger partial charge is 0.143 e. The number of para-hydroxylation sites is 3. The molecule has 1 aromatic heterocycles. The third-order valence-electron chi connectivity index (χ3n) is 5.09. The summed E-state index contributed by atoms with van der Waals surface area (Å²) in [6, 6.07) is 33.6. The van der Waals surface area contributed by atoms with Crippen LogP contribution in [0.3, 0.4) is 0 Å². The number of hydrogen-bond acceptors (Lipinski definition) is 2. The summed E-state index contributed by atoms with van der Waals surface area (Å²) in [5.41, 5.74) is 6.45. The molecule has 0 aliphatic carbocycles. The van der Waals surface area contributed by atoms with Gasteiger partial charge in [-0.3, -0.25) is 0 Å². The average molecular weight is 349 g/mol. The lowest BCUT2D eigenvalue weighted by molar-refractivity contribution is 0.670. The maximum atomic E-state index is 6.21. The van der Waals surface area contributed by atoms with Crippen molar-refractivity contribution in [2.24, 2.45) is 0 Å². The van der Waals surface area contributed by atoms with Gasteiger partial charge < -0.3 is 9.32 Å². The van der Waals surface area contributed by atoms with E-state index in [0.29, 0.717) is 0 Å². The van der Waals surface area contributed by atoms with Crippen LogP contribution in [0.1, 0.15) is 0 Å². The van der Waals surface area contributed by atoms with Crippen LogP contribution in [0.15, 0.2) is 101 Å². The molecule has 0 atom stereocenters. The number of furan rings is 1. The van der Waals surface area contributed by atoms with Crippen LogP contribution < -0.4 is 4.90 Å². The van der Waals surface area contributed by atoms with Crippen LogP contribution in [-0.4, -0.2) is 7.05 Å². The minimum atomic E-state index is 0.928. The van der Waals surface area contributed by atoms with Crippen molar-refractivity contribution in [1.82, 2.24) is 0 Å². The molecule has 0 fully saturated rings. The van der Waals surface area contributed by atoms with Gasteiger partial charge in [0, 0.05) is 34.8 Å². The zero-order valence-electron chi connectivity index (χ0n) is 15.1. The van der Waals surface area contributed by atoms with Gasteiger partial charge in [0.1, 0.15) is 11.2 Å². The Labute approximate surface area is 158 Å². The van der Waals surface area contributed by atoms with Crippen molar-refractivity contribution in [1.29, 1.82) is 0 Å². The highest BCUT2D eigenvalue weighted by Crippen LogP contribution is 2.37. The summed E-state index contributed by atoms with van der Waals surface area (Å²) in [6.07, 6.45) is 0. The minimum absolute atomic E-state index is 0.928. The standard InChI is InChI=1S/C25H19NO/c1-26(19-10-3-2-4-11-19)20-12-7-9-18(17-20)21-14-8-15-23-22-13-5-6-16-24(22)27-25(21)23/h2-17H,1H3. The number of nitrogens with zero attached hydrogens (tertiary/aromatic N) is 1. The van der Waals surface area contributed by atoms with E-state index in [4.69, 9.17) is 4.42 Å². The molecular weight excluding hydrogens is 330 g/mol. The molecule has 1 heterocycles. The van der Waals surface area contributed by atoms with Gasteiger partial charge in [-0.25, -0.2) is 0 Å². The van der Waals surface area contributed by atoms with Gasteiger partial charge >= 0.3 is 0 Å². The molecule has 0 spiro atoms. The molecule has 130 valence electrons. The first kappa shape index (κ1) is 15.7. The Hall–Kier alpha value is -3.52. The van der Waals surface area contributed by atoms with Crippen molar-refractivity contribution in [2.45, 2.75) is 0 Å². The second kappa shape index (κ2) is 6.33. The molecule has 0 N–H and O–H groups in total. The van der Waals surface area contributed by atoms with Gasteiger partial charge in [-0.2, -0.15) is 0 Å². The van der Waals surface area contributed by atoms with Crippen LogP contribution in [0.25, 0.3) is 33.1 Å². The van der Waals surface area contributed by atoms with Gasteiger partial charge in [-0.05, 0) is 35.9 Å². The Bertz CT molecular complexity index is 1240. The Morgan fingerprint density at radius 3 is 2.22 bits per heavy atom. The van der Waals surface area contributed by atoms with Crippen molar-refractivity contribution in [3.63, 3.8) is 0 Å². The molecule has 0 aliphatic rings. The third-order valence-corrected chi connectivity index (χ3v) is 5.09. The van der Waals surface area contributed by atoms with Crippen LogP contribution in [-0.2, 0) is 0 Å². The normalized spacial score (nSPS) is 11.1. The minimum Gasteiger partial charge on any atom is -0.455 e. The first-order valence-corrected chi connectivity index (χ1v) is 9.11. The van der Waals surface area contributed by atoms with Gasteiger partial charge in [0.05, 0.1) is 0 Å². The molecule has 0 radical (unpaired) electrons. The van der Waals surface area contributed by atoms with Gasteiger partial charge in [0.25, 0.3) is 0 Å². The maximum Gasteiger partial charge on any atom is 0.143 e. The fourth-order valence-corrected chi connectivity index (χ4v) is 3.66. The van der Waals surface area contributed by atoms with Gasteiger partial charge in [-0.1, -0.05) is 66.7 Å². The van der Waals surface area contributed by atoms with Crippen LogP contribution in [0.5, 0.6) is 0 Å². The second-order valence-electron chi connectivity index (χ2n) is 6.73. The van der Waals surface area contributed by atoms with E-state index in [-0.39, 0.29) is 0 Å². The number of hydrogen-bond donors (Lipinski definition) is 0. The van der Waals surface area contributed by atoms with Crippen molar-refractivity contribution in [3.8, 4) is 11.1 Å². The molecule has 27 heavy (non-hydrogen) atoms. The fraction of sp³-hybridized carbons (Fsp3) is 0.0400. The van der Waals surface area contributed by atoms with E-state index >= 15 is 0 Å². The lowest BCUT2D eigenvalue weighted by Crippen LogP contribution is -2.08. The van der Waals surface area contributed by atoms with Crippen LogP contribution in [0.4, 0.5) is 11.4 Å². The van der Waals surface area contributed by atoms with Gasteiger partial charge in [0.15, 0.2) is 0 Å². The summed E-state index contributed by atoms with van der Waals surface area (Å²) in [5, 5.41) is 2.32. The largest absolute Gasteiger partial charge is 0.455 e. The third kappa shape index (κ3) is 2.67. The molecule has 4 aromatic carbocycles. The predicted octanol–water partition coefficient (Wildman–Crippen LogP) is 7.02. The zero-order valence-corrected chi connectivity index (χ0v) is 15.1. The molecule has 0 amide bonds. The summed E-state index contributed by atoms with van der Waals surface area (Å²) < 4.78 is 6.21. The lowest BCUT2D eigenvalue weighted by atomic mass is 10.0. The lowest BCUT2D eigenvalue weighted by Gasteiger charge is -2.20. The quantitative estimate of drug-likeness (QED) is 0.348. The van der Waals surface area contributed by atoms with E-state index in [1.165, 1.54) is 0 Å². The first-order valence-electron chi connectivity index (χ1n) is 9.11. The molecule has 5 aromatic rings. The Kier molecular flexibility index (Phi) is 3.68. The SMILES string of the molecule is CN(c1ccccc1)c1cccc(-c2cccc3c2oc2ccccc23)c1. The number of benzene rings is 4. The monoisotopic (exact) mass is 349 g/mol. The van der Waals surface area contributed by atoms with E-state index in [0.717, 1.165) is 44.4 Å². The summed E-state index contributed by atoms with van der Waals surface area (Å²) in [5.74, 6) is 0. The van der Waals surface area contributed by atoms with Crippen molar-refractivity contribution < 1.29 is 4.42 Å². The molecule has 2 nitrogen and oxygen atoms in total. The van der Waals surface area contributed by atoms with Crippen LogP contribution >= 0.6 is 0 Å². The molecule has 0 bridgehead atoms. The molecule has 0 unspecified atom stereocenters. The number of fused-ring (bicyclic) bond motifs is 3. The maximum absolute atomic E-state index is 6.21. The first-order chi connectivity index (χ1) is 13.3. The number of anilines is 2. The second-order valence-corrected chi connectivity index (χ2v) is 6.73. The van der Waals surface area contributed by atoms with Crippen LogP contribution in [0, 0.1) is 0 Å². The summed E-state index contributed by atoms with van der Waals surface area (Å²) in [7, 11) is 2.09. The Morgan fingerprint density at radius 2 is 1.33 bits per heavy atom. The van der Waals surface area contributed by atoms with E-state index in [2.05, 4.69) is 90.8 Å². The van der Waals surface area contributed by atoms with Crippen molar-refractivity contribution in [2.75, 3.05) is 11.9 Å². The van der Waals surface area contributed by atoms with E-state index in [1.807, 2.05) is 18.2 Å². The molecule has 0 saturated heterocycles. The Balaban J connectivity index is 1.65. The highest BCUT2D eigenvalue weighted by Gasteiger charge is 2.12. The van der Waals surface area contributed by atoms with E-state index in [9.17, 15) is 0 Å². The summed E-state index contributed by atoms with van der Waals surface area (Å²) >= 11 is 0. The highest BCUT2D eigenvalue weighted by atomic mass is 16.3. The van der Waals surface area contributed by atoms with Crippen molar-refractivity contribution >= 4 is 33.3 Å².